The lowest BCUT2D eigenvalue weighted by molar-refractivity contribution is -0.116. The number of benzene rings is 2. The van der Waals surface area contributed by atoms with Gasteiger partial charge in [0.05, 0.1) is 16.6 Å². The van der Waals surface area contributed by atoms with Gasteiger partial charge in [0.15, 0.2) is 0 Å². The summed E-state index contributed by atoms with van der Waals surface area (Å²) in [5, 5.41) is 2.75. The Hall–Kier alpha value is -3.13. The zero-order valence-corrected chi connectivity index (χ0v) is 14.9. The number of anilines is 1. The van der Waals surface area contributed by atoms with Crippen LogP contribution in [0.25, 0.3) is 20.3 Å². The Balaban J connectivity index is 1.75. The number of para-hydroxylation sites is 1. The predicted octanol–water partition coefficient (Wildman–Crippen LogP) is 3.84. The highest BCUT2D eigenvalue weighted by Gasteiger charge is 2.18. The third kappa shape index (κ3) is 2.97. The van der Waals surface area contributed by atoms with E-state index in [4.69, 9.17) is 0 Å². The summed E-state index contributed by atoms with van der Waals surface area (Å²) in [6, 6.07) is 10.4. The van der Waals surface area contributed by atoms with Crippen molar-refractivity contribution in [2.24, 2.45) is 0 Å². The number of nitrogens with one attached hydrogen (secondary N) is 1. The van der Waals surface area contributed by atoms with Crippen molar-refractivity contribution in [3.05, 3.63) is 70.3 Å². The average molecular weight is 385 g/mol. The molecule has 2 aromatic carbocycles. The van der Waals surface area contributed by atoms with Crippen LogP contribution in [0.5, 0.6) is 0 Å². The summed E-state index contributed by atoms with van der Waals surface area (Å²) in [5.74, 6) is -1.29. The molecule has 1 N–H and O–H groups in total. The van der Waals surface area contributed by atoms with Crippen molar-refractivity contribution in [3.63, 3.8) is 0 Å². The van der Waals surface area contributed by atoms with Gasteiger partial charge in [0.1, 0.15) is 28.7 Å². The van der Waals surface area contributed by atoms with Crippen LogP contribution in [-0.4, -0.2) is 15.5 Å². The van der Waals surface area contributed by atoms with Gasteiger partial charge in [0.2, 0.25) is 5.91 Å². The summed E-state index contributed by atoms with van der Waals surface area (Å²) in [4.78, 5) is 29.5. The van der Waals surface area contributed by atoms with E-state index in [-0.39, 0.29) is 22.8 Å². The van der Waals surface area contributed by atoms with Crippen LogP contribution in [-0.2, 0) is 11.3 Å². The van der Waals surface area contributed by atoms with Crippen molar-refractivity contribution in [1.82, 2.24) is 9.55 Å². The number of nitrogens with zero attached hydrogens (tertiary/aromatic N) is 2. The zero-order chi connectivity index (χ0) is 19.1. The minimum atomic E-state index is -0.566. The second kappa shape index (κ2) is 6.55. The maximum Gasteiger partial charge on any atom is 0.272 e. The van der Waals surface area contributed by atoms with E-state index in [9.17, 15) is 18.4 Å². The first-order valence-electron chi connectivity index (χ1n) is 8.08. The van der Waals surface area contributed by atoms with Gasteiger partial charge >= 0.3 is 0 Å². The fourth-order valence-electron chi connectivity index (χ4n) is 2.92. The first-order valence-corrected chi connectivity index (χ1v) is 8.90. The molecule has 4 rings (SSSR count). The number of thiophene rings is 1. The maximum atomic E-state index is 14.2. The van der Waals surface area contributed by atoms with Gasteiger partial charge in [0.25, 0.3) is 5.56 Å². The Morgan fingerprint density at radius 3 is 2.67 bits per heavy atom. The molecule has 136 valence electrons. The third-order valence-electron chi connectivity index (χ3n) is 4.19. The molecule has 0 saturated heterocycles. The highest BCUT2D eigenvalue weighted by atomic mass is 32.1. The number of carbonyl (C=O) groups is 1. The second-order valence-electron chi connectivity index (χ2n) is 5.97. The summed E-state index contributed by atoms with van der Waals surface area (Å²) < 4.78 is 29.9. The van der Waals surface area contributed by atoms with E-state index in [1.54, 1.807) is 25.1 Å². The number of amides is 1. The molecule has 27 heavy (non-hydrogen) atoms. The van der Waals surface area contributed by atoms with Crippen LogP contribution < -0.4 is 10.9 Å². The molecule has 0 aliphatic heterocycles. The molecule has 1 amide bonds. The smallest absolute Gasteiger partial charge is 0.272 e. The number of hydrogen-bond acceptors (Lipinski definition) is 4. The molecule has 8 heteroatoms. The molecular formula is C19H13F2N3O2S. The third-order valence-corrected chi connectivity index (χ3v) is 5.32. The van der Waals surface area contributed by atoms with Crippen molar-refractivity contribution < 1.29 is 13.6 Å². The summed E-state index contributed by atoms with van der Waals surface area (Å²) in [6.45, 7) is 1.25. The first-order chi connectivity index (χ1) is 13.0. The van der Waals surface area contributed by atoms with Gasteiger partial charge < -0.3 is 5.32 Å². The largest absolute Gasteiger partial charge is 0.322 e. The van der Waals surface area contributed by atoms with E-state index in [0.29, 0.717) is 15.6 Å². The number of fused-ring (bicyclic) bond motifs is 3. The summed E-state index contributed by atoms with van der Waals surface area (Å²) in [7, 11) is 0. The van der Waals surface area contributed by atoms with Gasteiger partial charge in [-0.3, -0.25) is 14.2 Å². The number of halogens is 2. The van der Waals surface area contributed by atoms with Crippen molar-refractivity contribution >= 4 is 43.2 Å². The standard InChI is InChI=1S/C19H13F2N3O2S/c1-10-22-17-16-12(21)6-4-8-14(16)27-18(17)19(26)24(10)9-15(25)23-13-7-3-2-5-11(13)20/h2-8H,9H2,1H3,(H,23,25). The summed E-state index contributed by atoms with van der Waals surface area (Å²) in [5.41, 5.74) is -0.102. The van der Waals surface area contributed by atoms with E-state index in [1.807, 2.05) is 0 Å². The van der Waals surface area contributed by atoms with E-state index in [2.05, 4.69) is 10.3 Å². The molecule has 5 nitrogen and oxygen atoms in total. The van der Waals surface area contributed by atoms with Crippen LogP contribution in [0.15, 0.2) is 47.3 Å². The first kappa shape index (κ1) is 17.3. The Kier molecular flexibility index (Phi) is 4.19. The van der Waals surface area contributed by atoms with Crippen molar-refractivity contribution in [2.45, 2.75) is 13.5 Å². The highest BCUT2D eigenvalue weighted by molar-refractivity contribution is 7.25. The molecule has 0 atom stereocenters. The normalized spacial score (nSPS) is 11.2. The topological polar surface area (TPSA) is 64.0 Å². The van der Waals surface area contributed by atoms with Gasteiger partial charge in [-0.15, -0.1) is 11.3 Å². The number of aromatic nitrogens is 2. The summed E-state index contributed by atoms with van der Waals surface area (Å²) in [6.07, 6.45) is 0. The molecule has 0 saturated carbocycles. The minimum absolute atomic E-state index is 0.0335. The van der Waals surface area contributed by atoms with Crippen molar-refractivity contribution in [2.75, 3.05) is 5.32 Å². The monoisotopic (exact) mass is 385 g/mol. The van der Waals surface area contributed by atoms with Crippen LogP contribution in [0, 0.1) is 18.6 Å². The number of aryl methyl sites for hydroxylation is 1. The van der Waals surface area contributed by atoms with Crippen LogP contribution >= 0.6 is 11.3 Å². The number of hydrogen-bond donors (Lipinski definition) is 1. The van der Waals surface area contributed by atoms with Crippen LogP contribution in [0.1, 0.15) is 5.82 Å². The molecule has 0 radical (unpaired) electrons. The molecule has 0 fully saturated rings. The fraction of sp³-hybridized carbons (Fsp3) is 0.105. The summed E-state index contributed by atoms with van der Waals surface area (Å²) >= 11 is 1.13. The Morgan fingerprint density at radius 2 is 1.89 bits per heavy atom. The highest BCUT2D eigenvalue weighted by Crippen LogP contribution is 2.32. The van der Waals surface area contributed by atoms with Crippen LogP contribution in [0.3, 0.4) is 0 Å². The molecule has 0 aliphatic rings. The lowest BCUT2D eigenvalue weighted by Crippen LogP contribution is -2.30. The quantitative estimate of drug-likeness (QED) is 0.583. The molecule has 0 aliphatic carbocycles. The van der Waals surface area contributed by atoms with Gasteiger partial charge in [0, 0.05) is 4.70 Å². The second-order valence-corrected chi connectivity index (χ2v) is 7.02. The minimum Gasteiger partial charge on any atom is -0.322 e. The Bertz CT molecular complexity index is 1260. The maximum absolute atomic E-state index is 14.2. The van der Waals surface area contributed by atoms with Gasteiger partial charge in [-0.2, -0.15) is 0 Å². The van der Waals surface area contributed by atoms with Crippen LogP contribution in [0.4, 0.5) is 14.5 Å². The molecule has 0 bridgehead atoms. The molecule has 0 unspecified atom stereocenters. The lowest BCUT2D eigenvalue weighted by atomic mass is 10.2. The van der Waals surface area contributed by atoms with Gasteiger partial charge in [-0.1, -0.05) is 18.2 Å². The molecule has 4 aromatic rings. The number of rotatable bonds is 3. The van der Waals surface area contributed by atoms with E-state index in [0.717, 1.165) is 11.3 Å². The fourth-order valence-corrected chi connectivity index (χ4v) is 4.02. The molecular weight excluding hydrogens is 372 g/mol. The Labute approximate surface area is 155 Å². The lowest BCUT2D eigenvalue weighted by Gasteiger charge is -2.10. The number of carbonyl (C=O) groups excluding carboxylic acids is 1. The molecule has 2 heterocycles. The Morgan fingerprint density at radius 1 is 1.15 bits per heavy atom. The zero-order valence-electron chi connectivity index (χ0n) is 14.1. The SMILES string of the molecule is Cc1nc2c(sc3cccc(F)c32)c(=O)n1CC(=O)Nc1ccccc1F. The molecule has 0 spiro atoms. The molecule has 2 aromatic heterocycles. The predicted molar refractivity (Wildman–Crippen MR) is 101 cm³/mol. The van der Waals surface area contributed by atoms with Crippen molar-refractivity contribution in [3.8, 4) is 0 Å². The van der Waals surface area contributed by atoms with Crippen LogP contribution in [0.2, 0.25) is 0 Å². The van der Waals surface area contributed by atoms with Gasteiger partial charge in [-0.05, 0) is 31.2 Å². The van der Waals surface area contributed by atoms with E-state index in [1.165, 1.54) is 28.8 Å². The van der Waals surface area contributed by atoms with Gasteiger partial charge in [-0.25, -0.2) is 13.8 Å². The average Bonchev–Trinajstić information content (AvgIpc) is 3.00. The van der Waals surface area contributed by atoms with E-state index >= 15 is 0 Å². The van der Waals surface area contributed by atoms with E-state index < -0.39 is 23.1 Å². The van der Waals surface area contributed by atoms with Crippen molar-refractivity contribution in [1.29, 1.82) is 0 Å².